The van der Waals surface area contributed by atoms with Crippen molar-refractivity contribution in [2.24, 2.45) is 17.3 Å². The minimum atomic E-state index is -0.499. The molecule has 3 atom stereocenters. The fraction of sp³-hybridized carbons (Fsp3) is 0.435. The van der Waals surface area contributed by atoms with Crippen molar-refractivity contribution in [3.63, 3.8) is 0 Å². The van der Waals surface area contributed by atoms with Crippen LogP contribution in [0, 0.1) is 29.1 Å². The third kappa shape index (κ3) is 4.63. The zero-order valence-corrected chi connectivity index (χ0v) is 16.1. The quantitative estimate of drug-likeness (QED) is 0.416. The van der Waals surface area contributed by atoms with Gasteiger partial charge in [0.25, 0.3) is 0 Å². The summed E-state index contributed by atoms with van der Waals surface area (Å²) in [6.07, 6.45) is 3.70. The number of allylic oxidation sites excluding steroid dienone is 2. The van der Waals surface area contributed by atoms with Crippen molar-refractivity contribution in [2.75, 3.05) is 0 Å². The summed E-state index contributed by atoms with van der Waals surface area (Å²) >= 11 is 0. The molecule has 2 heteroatoms. The van der Waals surface area contributed by atoms with Gasteiger partial charge >= 0.3 is 5.97 Å². The van der Waals surface area contributed by atoms with E-state index in [1.54, 1.807) is 6.92 Å². The van der Waals surface area contributed by atoms with Crippen LogP contribution in [-0.2, 0) is 9.53 Å². The molecule has 0 amide bonds. The number of carbonyl (C=O) groups excluding carboxylic acids is 1. The first kappa shape index (κ1) is 19.1. The number of hydrogen-bond acceptors (Lipinski definition) is 2. The standard InChI is InChI=1S/C23H28O2/c1-7-11-20(17(4)15-18-12-9-8-10-13-18)25-22(24)21-19(14-16(2)3)23(21,5)6/h8-10,12-15,19-21H,1-6H3. The molecule has 0 N–H and O–H groups in total. The van der Waals surface area contributed by atoms with Crippen LogP contribution < -0.4 is 0 Å². The van der Waals surface area contributed by atoms with Crippen molar-refractivity contribution in [2.45, 2.75) is 47.6 Å². The second-order valence-corrected chi connectivity index (χ2v) is 7.58. The van der Waals surface area contributed by atoms with Gasteiger partial charge in [0.1, 0.15) is 0 Å². The summed E-state index contributed by atoms with van der Waals surface area (Å²) in [6, 6.07) is 10.0. The van der Waals surface area contributed by atoms with Crippen LogP contribution in [0.4, 0.5) is 0 Å². The van der Waals surface area contributed by atoms with Crippen molar-refractivity contribution in [1.82, 2.24) is 0 Å². The maximum Gasteiger partial charge on any atom is 0.311 e. The maximum atomic E-state index is 12.7. The molecule has 0 radical (unpaired) electrons. The zero-order chi connectivity index (χ0) is 18.6. The van der Waals surface area contributed by atoms with Crippen LogP contribution in [0.5, 0.6) is 0 Å². The number of ether oxygens (including phenoxy) is 1. The average molecular weight is 336 g/mol. The summed E-state index contributed by atoms with van der Waals surface area (Å²) < 4.78 is 5.79. The molecule has 0 saturated heterocycles. The van der Waals surface area contributed by atoms with Crippen LogP contribution in [0.3, 0.4) is 0 Å². The second kappa shape index (κ2) is 7.74. The highest BCUT2D eigenvalue weighted by atomic mass is 16.5. The summed E-state index contributed by atoms with van der Waals surface area (Å²) in [5.41, 5.74) is 3.20. The lowest BCUT2D eigenvalue weighted by Gasteiger charge is -2.14. The van der Waals surface area contributed by atoms with Crippen molar-refractivity contribution in [3.8, 4) is 11.8 Å². The van der Waals surface area contributed by atoms with E-state index >= 15 is 0 Å². The fourth-order valence-corrected chi connectivity index (χ4v) is 3.24. The van der Waals surface area contributed by atoms with Crippen molar-refractivity contribution in [3.05, 3.63) is 53.1 Å². The summed E-state index contributed by atoms with van der Waals surface area (Å²) in [6.45, 7) is 12.1. The third-order valence-electron chi connectivity index (χ3n) is 4.79. The molecule has 0 aromatic heterocycles. The molecular formula is C23H28O2. The lowest BCUT2D eigenvalue weighted by atomic mass is 10.1. The van der Waals surface area contributed by atoms with E-state index in [9.17, 15) is 4.79 Å². The zero-order valence-electron chi connectivity index (χ0n) is 16.1. The smallest absolute Gasteiger partial charge is 0.311 e. The highest BCUT2D eigenvalue weighted by molar-refractivity contribution is 5.79. The van der Waals surface area contributed by atoms with E-state index in [4.69, 9.17) is 4.74 Å². The Morgan fingerprint density at radius 3 is 2.40 bits per heavy atom. The van der Waals surface area contributed by atoms with Crippen molar-refractivity contribution >= 4 is 12.0 Å². The van der Waals surface area contributed by atoms with E-state index in [1.165, 1.54) is 5.57 Å². The summed E-state index contributed by atoms with van der Waals surface area (Å²) in [4.78, 5) is 12.7. The molecule has 25 heavy (non-hydrogen) atoms. The van der Waals surface area contributed by atoms with E-state index in [0.29, 0.717) is 0 Å². The summed E-state index contributed by atoms with van der Waals surface area (Å²) in [7, 11) is 0. The first-order valence-corrected chi connectivity index (χ1v) is 8.78. The molecular weight excluding hydrogens is 308 g/mol. The van der Waals surface area contributed by atoms with Crippen LogP contribution in [0.2, 0.25) is 0 Å². The number of esters is 1. The second-order valence-electron chi connectivity index (χ2n) is 7.58. The van der Waals surface area contributed by atoms with Gasteiger partial charge in [-0.2, -0.15) is 0 Å². The molecule has 132 valence electrons. The minimum absolute atomic E-state index is 0.0460. The Kier molecular flexibility index (Phi) is 5.90. The number of rotatable bonds is 5. The Balaban J connectivity index is 2.14. The predicted molar refractivity (Wildman–Crippen MR) is 104 cm³/mol. The lowest BCUT2D eigenvalue weighted by molar-refractivity contribution is -0.147. The van der Waals surface area contributed by atoms with E-state index in [-0.39, 0.29) is 23.2 Å². The molecule has 3 unspecified atom stereocenters. The van der Waals surface area contributed by atoms with Crippen LogP contribution in [0.1, 0.15) is 47.1 Å². The normalized spacial score (nSPS) is 22.2. The molecule has 1 saturated carbocycles. The van der Waals surface area contributed by atoms with Gasteiger partial charge in [-0.05, 0) is 50.2 Å². The molecule has 2 rings (SSSR count). The Bertz CT molecular complexity index is 737. The van der Waals surface area contributed by atoms with Gasteiger partial charge in [-0.25, -0.2) is 0 Å². The van der Waals surface area contributed by atoms with E-state index in [2.05, 4.69) is 45.6 Å². The Morgan fingerprint density at radius 2 is 1.84 bits per heavy atom. The van der Waals surface area contributed by atoms with E-state index in [1.807, 2.05) is 43.3 Å². The lowest BCUT2D eigenvalue weighted by Crippen LogP contribution is -2.20. The molecule has 1 aliphatic carbocycles. The monoisotopic (exact) mass is 336 g/mol. The average Bonchev–Trinajstić information content (AvgIpc) is 3.07. The van der Waals surface area contributed by atoms with Gasteiger partial charge in [0, 0.05) is 0 Å². The number of benzene rings is 1. The van der Waals surface area contributed by atoms with Gasteiger partial charge < -0.3 is 4.74 Å². The van der Waals surface area contributed by atoms with Crippen LogP contribution in [0.15, 0.2) is 47.6 Å². The molecule has 0 spiro atoms. The summed E-state index contributed by atoms with van der Waals surface area (Å²) in [5, 5.41) is 0. The topological polar surface area (TPSA) is 26.3 Å². The van der Waals surface area contributed by atoms with Crippen LogP contribution in [0.25, 0.3) is 6.08 Å². The largest absolute Gasteiger partial charge is 0.444 e. The third-order valence-corrected chi connectivity index (χ3v) is 4.79. The molecule has 0 bridgehead atoms. The Morgan fingerprint density at radius 1 is 1.20 bits per heavy atom. The minimum Gasteiger partial charge on any atom is -0.444 e. The molecule has 1 aliphatic rings. The maximum absolute atomic E-state index is 12.7. The van der Waals surface area contributed by atoms with Crippen molar-refractivity contribution < 1.29 is 9.53 Å². The highest BCUT2D eigenvalue weighted by Crippen LogP contribution is 2.60. The first-order valence-electron chi connectivity index (χ1n) is 8.78. The van der Waals surface area contributed by atoms with E-state index < -0.39 is 6.10 Å². The molecule has 1 fully saturated rings. The SMILES string of the molecule is CC#CC(OC(=O)C1C(C=C(C)C)C1(C)C)C(C)=Cc1ccccc1. The number of hydrogen-bond donors (Lipinski definition) is 0. The predicted octanol–water partition coefficient (Wildman–Crippen LogP) is 5.26. The molecule has 0 heterocycles. The van der Waals surface area contributed by atoms with Gasteiger partial charge in [0.05, 0.1) is 5.92 Å². The molecule has 2 nitrogen and oxygen atoms in total. The van der Waals surface area contributed by atoms with Crippen LogP contribution >= 0.6 is 0 Å². The summed E-state index contributed by atoms with van der Waals surface area (Å²) in [5.74, 6) is 5.91. The number of carbonyl (C=O) groups is 1. The fourth-order valence-electron chi connectivity index (χ4n) is 3.24. The van der Waals surface area contributed by atoms with Crippen LogP contribution in [-0.4, -0.2) is 12.1 Å². The van der Waals surface area contributed by atoms with Gasteiger partial charge in [-0.15, -0.1) is 5.92 Å². The van der Waals surface area contributed by atoms with E-state index in [0.717, 1.165) is 11.1 Å². The van der Waals surface area contributed by atoms with Gasteiger partial charge in [-0.1, -0.05) is 67.8 Å². The molecule has 1 aromatic rings. The van der Waals surface area contributed by atoms with Gasteiger partial charge in [0.2, 0.25) is 0 Å². The van der Waals surface area contributed by atoms with Gasteiger partial charge in [0.15, 0.2) is 6.10 Å². The van der Waals surface area contributed by atoms with Gasteiger partial charge in [-0.3, -0.25) is 4.79 Å². The molecule has 0 aliphatic heterocycles. The Hall–Kier alpha value is -2.27. The first-order chi connectivity index (χ1) is 11.8. The Labute approximate surface area is 152 Å². The highest BCUT2D eigenvalue weighted by Gasteiger charge is 2.61. The molecule has 1 aromatic carbocycles. The van der Waals surface area contributed by atoms with Crippen molar-refractivity contribution in [1.29, 1.82) is 0 Å².